The van der Waals surface area contributed by atoms with Crippen LogP contribution in [0, 0.1) is 0 Å². The van der Waals surface area contributed by atoms with Gasteiger partial charge in [-0.25, -0.2) is 4.98 Å². The quantitative estimate of drug-likeness (QED) is 0.450. The maximum absolute atomic E-state index is 4.92. The molecule has 156 valence electrons. The fraction of sp³-hybridized carbons (Fsp3) is 0.714. The summed E-state index contributed by atoms with van der Waals surface area (Å²) in [4.78, 5) is 19.2. The second kappa shape index (κ2) is 11.2. The Bertz CT molecular complexity index is 584. The first-order valence-electron chi connectivity index (χ1n) is 10.9. The SMILES string of the molecule is CCNC(=NCCCN1CCCN(C)CC1)N1CCN(c2ccccn2)CC1. The molecule has 1 N–H and O–H groups in total. The smallest absolute Gasteiger partial charge is 0.194 e. The predicted molar refractivity (Wildman–Crippen MR) is 117 cm³/mol. The lowest BCUT2D eigenvalue weighted by atomic mass is 10.3. The van der Waals surface area contributed by atoms with Crippen molar-refractivity contribution < 1.29 is 0 Å². The molecule has 3 heterocycles. The number of nitrogens with zero attached hydrogens (tertiary/aromatic N) is 6. The summed E-state index contributed by atoms with van der Waals surface area (Å²) in [5.74, 6) is 2.14. The number of pyridine rings is 1. The molecule has 0 aromatic carbocycles. The van der Waals surface area contributed by atoms with Gasteiger partial charge in [-0.3, -0.25) is 4.99 Å². The van der Waals surface area contributed by atoms with Crippen LogP contribution < -0.4 is 10.2 Å². The van der Waals surface area contributed by atoms with Crippen molar-refractivity contribution in [2.75, 3.05) is 83.9 Å². The van der Waals surface area contributed by atoms with Crippen LogP contribution in [0.2, 0.25) is 0 Å². The van der Waals surface area contributed by atoms with E-state index in [1.54, 1.807) is 0 Å². The van der Waals surface area contributed by atoms with E-state index in [1.807, 2.05) is 12.3 Å². The highest BCUT2D eigenvalue weighted by molar-refractivity contribution is 5.80. The second-order valence-corrected chi connectivity index (χ2v) is 7.75. The zero-order valence-electron chi connectivity index (χ0n) is 17.7. The third kappa shape index (κ3) is 6.34. The summed E-state index contributed by atoms with van der Waals surface area (Å²) in [5.41, 5.74) is 0. The minimum atomic E-state index is 0.898. The van der Waals surface area contributed by atoms with E-state index in [-0.39, 0.29) is 0 Å². The van der Waals surface area contributed by atoms with E-state index < -0.39 is 0 Å². The van der Waals surface area contributed by atoms with E-state index >= 15 is 0 Å². The molecule has 0 radical (unpaired) electrons. The van der Waals surface area contributed by atoms with Gasteiger partial charge >= 0.3 is 0 Å². The predicted octanol–water partition coefficient (Wildman–Crippen LogP) is 1.20. The zero-order chi connectivity index (χ0) is 19.6. The van der Waals surface area contributed by atoms with Crippen LogP contribution in [-0.4, -0.2) is 105 Å². The van der Waals surface area contributed by atoms with E-state index in [1.165, 1.54) is 32.6 Å². The molecule has 0 bridgehead atoms. The van der Waals surface area contributed by atoms with Crippen LogP contribution >= 0.6 is 0 Å². The maximum Gasteiger partial charge on any atom is 0.194 e. The molecule has 0 spiro atoms. The van der Waals surface area contributed by atoms with Gasteiger partial charge in [0.1, 0.15) is 5.82 Å². The Kier molecular flexibility index (Phi) is 8.36. The van der Waals surface area contributed by atoms with Gasteiger partial charge in [0.15, 0.2) is 5.96 Å². The molecule has 2 fully saturated rings. The summed E-state index contributed by atoms with van der Waals surface area (Å²) in [7, 11) is 2.23. The Morgan fingerprint density at radius 2 is 1.93 bits per heavy atom. The average molecular weight is 388 g/mol. The van der Waals surface area contributed by atoms with Crippen molar-refractivity contribution in [3.8, 4) is 0 Å². The number of guanidine groups is 1. The third-order valence-electron chi connectivity index (χ3n) is 5.59. The highest BCUT2D eigenvalue weighted by Crippen LogP contribution is 2.12. The van der Waals surface area contributed by atoms with Gasteiger partial charge in [-0.2, -0.15) is 0 Å². The van der Waals surface area contributed by atoms with Crippen LogP contribution in [0.15, 0.2) is 29.4 Å². The molecule has 1 aromatic rings. The normalized spacial score (nSPS) is 20.3. The number of piperazine rings is 1. The van der Waals surface area contributed by atoms with Gasteiger partial charge in [-0.05, 0) is 58.6 Å². The van der Waals surface area contributed by atoms with Crippen LogP contribution in [0.5, 0.6) is 0 Å². The van der Waals surface area contributed by atoms with Crippen LogP contribution in [0.3, 0.4) is 0 Å². The van der Waals surface area contributed by atoms with Crippen molar-refractivity contribution in [2.24, 2.45) is 4.99 Å². The molecule has 0 saturated carbocycles. The van der Waals surface area contributed by atoms with Gasteiger partial charge in [0.25, 0.3) is 0 Å². The van der Waals surface area contributed by atoms with Gasteiger partial charge in [-0.1, -0.05) is 6.07 Å². The van der Waals surface area contributed by atoms with Gasteiger partial charge in [0.2, 0.25) is 0 Å². The van der Waals surface area contributed by atoms with Gasteiger partial charge in [-0.15, -0.1) is 0 Å². The Balaban J connectivity index is 1.44. The molecule has 7 heteroatoms. The topological polar surface area (TPSA) is 50.2 Å². The van der Waals surface area contributed by atoms with Crippen LogP contribution in [-0.2, 0) is 0 Å². The number of likely N-dealkylation sites (N-methyl/N-ethyl adjacent to an activating group) is 1. The van der Waals surface area contributed by atoms with Gasteiger partial charge in [0, 0.05) is 58.6 Å². The molecule has 2 saturated heterocycles. The first-order chi connectivity index (χ1) is 13.8. The van der Waals surface area contributed by atoms with E-state index in [9.17, 15) is 0 Å². The molecule has 7 nitrogen and oxygen atoms in total. The molecule has 0 atom stereocenters. The van der Waals surface area contributed by atoms with E-state index in [2.05, 4.69) is 56.0 Å². The molecular formula is C21H37N7. The summed E-state index contributed by atoms with van der Waals surface area (Å²) in [6, 6.07) is 6.12. The summed E-state index contributed by atoms with van der Waals surface area (Å²) < 4.78 is 0. The molecule has 0 amide bonds. The zero-order valence-corrected chi connectivity index (χ0v) is 17.7. The molecule has 2 aliphatic heterocycles. The third-order valence-corrected chi connectivity index (χ3v) is 5.59. The molecule has 28 heavy (non-hydrogen) atoms. The summed E-state index contributed by atoms with van der Waals surface area (Å²) in [6.07, 6.45) is 4.28. The monoisotopic (exact) mass is 387 g/mol. The van der Waals surface area contributed by atoms with Crippen LogP contribution in [0.4, 0.5) is 5.82 Å². The second-order valence-electron chi connectivity index (χ2n) is 7.75. The van der Waals surface area contributed by atoms with E-state index in [0.717, 1.165) is 64.0 Å². The van der Waals surface area contributed by atoms with Crippen molar-refractivity contribution in [3.05, 3.63) is 24.4 Å². The van der Waals surface area contributed by atoms with Crippen molar-refractivity contribution in [3.63, 3.8) is 0 Å². The summed E-state index contributed by atoms with van der Waals surface area (Å²) in [6.45, 7) is 13.9. The summed E-state index contributed by atoms with van der Waals surface area (Å²) in [5, 5.41) is 3.48. The number of aliphatic imine (C=N–C) groups is 1. The van der Waals surface area contributed by atoms with Crippen molar-refractivity contribution in [1.82, 2.24) is 25.0 Å². The first-order valence-corrected chi connectivity index (χ1v) is 10.9. The van der Waals surface area contributed by atoms with Crippen LogP contribution in [0.1, 0.15) is 19.8 Å². The lowest BCUT2D eigenvalue weighted by Gasteiger charge is -2.37. The number of aromatic nitrogens is 1. The number of hydrogen-bond acceptors (Lipinski definition) is 5. The lowest BCUT2D eigenvalue weighted by Crippen LogP contribution is -2.52. The number of nitrogens with one attached hydrogen (secondary N) is 1. The molecule has 2 aliphatic rings. The average Bonchev–Trinajstić information content (AvgIpc) is 2.95. The van der Waals surface area contributed by atoms with E-state index in [4.69, 9.17) is 4.99 Å². The van der Waals surface area contributed by atoms with Crippen molar-refractivity contribution >= 4 is 11.8 Å². The fourth-order valence-corrected chi connectivity index (χ4v) is 3.92. The standard InChI is InChI=1S/C21H37N7/c1-3-22-21(24-10-6-12-26-13-7-11-25(2)14-15-26)28-18-16-27(17-19-28)20-8-4-5-9-23-20/h4-5,8-9H,3,6-7,10-19H2,1-2H3,(H,22,24). The lowest BCUT2D eigenvalue weighted by molar-refractivity contribution is 0.274. The van der Waals surface area contributed by atoms with E-state index in [0.29, 0.717) is 0 Å². The fourth-order valence-electron chi connectivity index (χ4n) is 3.92. The summed E-state index contributed by atoms with van der Waals surface area (Å²) >= 11 is 0. The molecule has 3 rings (SSSR count). The number of rotatable bonds is 6. The maximum atomic E-state index is 4.92. The molecule has 0 unspecified atom stereocenters. The van der Waals surface area contributed by atoms with Crippen LogP contribution in [0.25, 0.3) is 0 Å². The Morgan fingerprint density at radius 1 is 1.07 bits per heavy atom. The number of hydrogen-bond donors (Lipinski definition) is 1. The Hall–Kier alpha value is -1.86. The first kappa shape index (κ1) is 20.9. The highest BCUT2D eigenvalue weighted by atomic mass is 15.4. The largest absolute Gasteiger partial charge is 0.357 e. The molecule has 1 aromatic heterocycles. The minimum Gasteiger partial charge on any atom is -0.357 e. The Labute approximate surface area is 170 Å². The van der Waals surface area contributed by atoms with Gasteiger partial charge < -0.3 is 24.9 Å². The number of anilines is 1. The Morgan fingerprint density at radius 3 is 2.68 bits per heavy atom. The minimum absolute atomic E-state index is 0.898. The molecule has 0 aliphatic carbocycles. The molecular weight excluding hydrogens is 350 g/mol. The highest BCUT2D eigenvalue weighted by Gasteiger charge is 2.20. The van der Waals surface area contributed by atoms with Gasteiger partial charge in [0.05, 0.1) is 0 Å². The van der Waals surface area contributed by atoms with Crippen molar-refractivity contribution in [2.45, 2.75) is 19.8 Å². The van der Waals surface area contributed by atoms with Crippen molar-refractivity contribution in [1.29, 1.82) is 0 Å².